The minimum atomic E-state index is -0.160. The van der Waals surface area contributed by atoms with E-state index in [-0.39, 0.29) is 5.91 Å². The molecule has 0 atom stereocenters. The summed E-state index contributed by atoms with van der Waals surface area (Å²) in [6, 6.07) is 3.95. The fourth-order valence-corrected chi connectivity index (χ4v) is 1.99. The summed E-state index contributed by atoms with van der Waals surface area (Å²) >= 11 is 1.40. The molecule has 18 heavy (non-hydrogen) atoms. The van der Waals surface area contributed by atoms with Gasteiger partial charge in [0.1, 0.15) is 0 Å². The number of thiophene rings is 1. The minimum absolute atomic E-state index is 0.160. The molecule has 1 heterocycles. The number of amidine groups is 1. The lowest BCUT2D eigenvalue weighted by atomic mass is 10.2. The second-order valence-corrected chi connectivity index (χ2v) is 4.71. The van der Waals surface area contributed by atoms with E-state index in [9.17, 15) is 4.79 Å². The number of carbonyl (C=O) groups is 1. The Morgan fingerprint density at radius 2 is 2.28 bits per heavy atom. The van der Waals surface area contributed by atoms with Gasteiger partial charge in [0.15, 0.2) is 0 Å². The van der Waals surface area contributed by atoms with E-state index >= 15 is 0 Å². The highest BCUT2D eigenvalue weighted by molar-refractivity contribution is 7.12. The molecule has 5 heteroatoms. The molecule has 0 saturated heterocycles. The number of nitrogens with one attached hydrogen (secondary N) is 1. The summed E-state index contributed by atoms with van der Waals surface area (Å²) < 4.78 is 5.31. The third kappa shape index (κ3) is 5.31. The van der Waals surface area contributed by atoms with E-state index in [4.69, 9.17) is 4.74 Å². The van der Waals surface area contributed by atoms with Gasteiger partial charge in [-0.3, -0.25) is 10.1 Å². The van der Waals surface area contributed by atoms with Gasteiger partial charge in [0, 0.05) is 6.54 Å². The number of unbranched alkanes of at least 4 members (excludes halogenated alkanes) is 2. The Hall–Kier alpha value is -1.36. The first-order valence-electron chi connectivity index (χ1n) is 6.30. The molecular weight excluding hydrogens is 248 g/mol. The summed E-state index contributed by atoms with van der Waals surface area (Å²) in [4.78, 5) is 16.7. The van der Waals surface area contributed by atoms with Gasteiger partial charge in [0.25, 0.3) is 11.9 Å². The molecule has 1 amide bonds. The van der Waals surface area contributed by atoms with Gasteiger partial charge in [-0.2, -0.15) is 0 Å². The van der Waals surface area contributed by atoms with Gasteiger partial charge in [-0.15, -0.1) is 11.3 Å². The zero-order valence-corrected chi connectivity index (χ0v) is 11.8. The highest BCUT2D eigenvalue weighted by Crippen LogP contribution is 2.07. The molecule has 100 valence electrons. The Balaban J connectivity index is 2.48. The second kappa shape index (κ2) is 8.69. The molecule has 0 bridgehead atoms. The van der Waals surface area contributed by atoms with Crippen LogP contribution in [0.4, 0.5) is 0 Å². The Morgan fingerprint density at radius 1 is 1.44 bits per heavy atom. The summed E-state index contributed by atoms with van der Waals surface area (Å²) in [5.41, 5.74) is 0. The molecule has 4 nitrogen and oxygen atoms in total. The molecule has 1 aromatic heterocycles. The lowest BCUT2D eigenvalue weighted by Crippen LogP contribution is -2.32. The van der Waals surface area contributed by atoms with Crippen LogP contribution in [-0.2, 0) is 4.74 Å². The number of carbonyl (C=O) groups excluding carboxylic acids is 1. The predicted octanol–water partition coefficient (Wildman–Crippen LogP) is 3.06. The topological polar surface area (TPSA) is 50.7 Å². The van der Waals surface area contributed by atoms with Crippen LogP contribution in [0.5, 0.6) is 0 Å². The molecule has 1 N–H and O–H groups in total. The molecule has 0 spiro atoms. The number of nitrogens with zero attached hydrogens (tertiary/aromatic N) is 1. The number of rotatable bonds is 6. The van der Waals surface area contributed by atoms with Gasteiger partial charge in [-0.05, 0) is 24.8 Å². The average Bonchev–Trinajstić information content (AvgIpc) is 2.88. The van der Waals surface area contributed by atoms with Crippen LogP contribution in [0, 0.1) is 0 Å². The van der Waals surface area contributed by atoms with E-state index in [0.717, 1.165) is 19.3 Å². The zero-order chi connectivity index (χ0) is 13.2. The molecular formula is C13H20N2O2S. The van der Waals surface area contributed by atoms with Crippen LogP contribution in [0.3, 0.4) is 0 Å². The van der Waals surface area contributed by atoms with E-state index in [1.54, 1.807) is 6.07 Å². The number of hydrogen-bond acceptors (Lipinski definition) is 4. The highest BCUT2D eigenvalue weighted by Gasteiger charge is 2.09. The second-order valence-electron chi connectivity index (χ2n) is 3.76. The van der Waals surface area contributed by atoms with Crippen molar-refractivity contribution >= 4 is 23.3 Å². The van der Waals surface area contributed by atoms with Crippen molar-refractivity contribution in [2.75, 3.05) is 13.2 Å². The summed E-state index contributed by atoms with van der Waals surface area (Å²) in [6.07, 6.45) is 3.31. The van der Waals surface area contributed by atoms with E-state index in [1.165, 1.54) is 11.3 Å². The van der Waals surface area contributed by atoms with E-state index in [0.29, 0.717) is 24.1 Å². The van der Waals surface area contributed by atoms with Crippen molar-refractivity contribution in [2.24, 2.45) is 4.99 Å². The molecule has 0 aliphatic heterocycles. The standard InChI is InChI=1S/C13H20N2O2S/c1-3-5-6-9-14-13(17-4-2)15-12(16)11-8-7-10-18-11/h7-8,10H,3-6,9H2,1-2H3,(H,14,15,16). The highest BCUT2D eigenvalue weighted by atomic mass is 32.1. The fraction of sp³-hybridized carbons (Fsp3) is 0.538. The molecule has 0 unspecified atom stereocenters. The van der Waals surface area contributed by atoms with Crippen LogP contribution in [-0.4, -0.2) is 25.1 Å². The monoisotopic (exact) mass is 268 g/mol. The number of ether oxygens (including phenoxy) is 1. The quantitative estimate of drug-likeness (QED) is 0.490. The van der Waals surface area contributed by atoms with Gasteiger partial charge < -0.3 is 4.74 Å². The van der Waals surface area contributed by atoms with E-state index < -0.39 is 0 Å². The summed E-state index contributed by atoms with van der Waals surface area (Å²) in [6.45, 7) is 5.20. The van der Waals surface area contributed by atoms with Gasteiger partial charge in [0.2, 0.25) is 0 Å². The van der Waals surface area contributed by atoms with Crippen LogP contribution in [0.15, 0.2) is 22.5 Å². The third-order valence-electron chi connectivity index (χ3n) is 2.26. The van der Waals surface area contributed by atoms with Crippen molar-refractivity contribution in [3.05, 3.63) is 22.4 Å². The summed E-state index contributed by atoms with van der Waals surface area (Å²) in [5, 5.41) is 4.57. The first-order chi connectivity index (χ1) is 8.77. The molecule has 0 saturated carbocycles. The number of hydrogen-bond donors (Lipinski definition) is 1. The predicted molar refractivity (Wildman–Crippen MR) is 75.2 cm³/mol. The van der Waals surface area contributed by atoms with Gasteiger partial charge in [-0.25, -0.2) is 4.99 Å². The van der Waals surface area contributed by atoms with Crippen LogP contribution >= 0.6 is 11.3 Å². The first kappa shape index (κ1) is 14.7. The fourth-order valence-electron chi connectivity index (χ4n) is 1.37. The zero-order valence-electron chi connectivity index (χ0n) is 10.9. The summed E-state index contributed by atoms with van der Waals surface area (Å²) in [5.74, 6) is -0.160. The van der Waals surface area contributed by atoms with Crippen molar-refractivity contribution in [3.63, 3.8) is 0 Å². The van der Waals surface area contributed by atoms with Gasteiger partial charge in [-0.1, -0.05) is 25.8 Å². The van der Waals surface area contributed by atoms with Crippen molar-refractivity contribution in [2.45, 2.75) is 33.1 Å². The maximum Gasteiger partial charge on any atom is 0.291 e. The maximum absolute atomic E-state index is 11.8. The molecule has 1 rings (SSSR count). The smallest absolute Gasteiger partial charge is 0.291 e. The van der Waals surface area contributed by atoms with Crippen molar-refractivity contribution < 1.29 is 9.53 Å². The van der Waals surface area contributed by atoms with Crippen molar-refractivity contribution in [1.29, 1.82) is 0 Å². The van der Waals surface area contributed by atoms with Gasteiger partial charge in [0.05, 0.1) is 11.5 Å². The average molecular weight is 268 g/mol. The molecule has 0 aliphatic rings. The van der Waals surface area contributed by atoms with E-state index in [1.807, 2.05) is 18.4 Å². The number of aliphatic imine (C=N–C) groups is 1. The molecule has 0 aromatic carbocycles. The number of amides is 1. The molecule has 1 aromatic rings. The Bertz CT molecular complexity index is 374. The van der Waals surface area contributed by atoms with Crippen LogP contribution < -0.4 is 5.32 Å². The van der Waals surface area contributed by atoms with E-state index in [2.05, 4.69) is 17.2 Å². The Kier molecular flexibility index (Phi) is 7.10. The first-order valence-corrected chi connectivity index (χ1v) is 7.18. The lowest BCUT2D eigenvalue weighted by molar-refractivity contribution is 0.0970. The van der Waals surface area contributed by atoms with Crippen LogP contribution in [0.1, 0.15) is 42.8 Å². The molecule has 0 aliphatic carbocycles. The molecule has 0 radical (unpaired) electrons. The third-order valence-corrected chi connectivity index (χ3v) is 3.13. The van der Waals surface area contributed by atoms with Crippen molar-refractivity contribution in [3.8, 4) is 0 Å². The van der Waals surface area contributed by atoms with Gasteiger partial charge >= 0.3 is 0 Å². The summed E-state index contributed by atoms with van der Waals surface area (Å²) in [7, 11) is 0. The SMILES string of the molecule is CCCCCN=C(NC(=O)c1cccs1)OCC. The lowest BCUT2D eigenvalue weighted by Gasteiger charge is -2.08. The molecule has 0 fully saturated rings. The van der Waals surface area contributed by atoms with Crippen LogP contribution in [0.25, 0.3) is 0 Å². The normalized spacial score (nSPS) is 11.3. The minimum Gasteiger partial charge on any atom is -0.465 e. The maximum atomic E-state index is 11.8. The Labute approximate surface area is 112 Å². The van der Waals surface area contributed by atoms with Crippen LogP contribution in [0.2, 0.25) is 0 Å². The largest absolute Gasteiger partial charge is 0.465 e. The Morgan fingerprint density at radius 3 is 2.89 bits per heavy atom. The van der Waals surface area contributed by atoms with Crippen molar-refractivity contribution in [1.82, 2.24) is 5.32 Å².